The molecular weight excluding hydrogens is 641 g/mol. The molecule has 1 saturated carbocycles. The van der Waals surface area contributed by atoms with Crippen molar-refractivity contribution in [2.75, 3.05) is 18.5 Å². The highest BCUT2D eigenvalue weighted by atomic mass is 32.7. The number of fused-ring (bicyclic) bond motifs is 4. The Kier molecular flexibility index (Phi) is 8.64. The third-order valence-electron chi connectivity index (χ3n) is 7.52. The van der Waals surface area contributed by atoms with Gasteiger partial charge in [0.2, 0.25) is 0 Å². The molecule has 6 rings (SSSR count). The van der Waals surface area contributed by atoms with E-state index in [4.69, 9.17) is 40.4 Å². The van der Waals surface area contributed by atoms with E-state index in [9.17, 15) is 23.7 Å². The van der Waals surface area contributed by atoms with Crippen molar-refractivity contribution in [2.45, 2.75) is 68.0 Å². The van der Waals surface area contributed by atoms with E-state index in [0.29, 0.717) is 6.42 Å². The number of aromatic nitrogens is 2. The third-order valence-corrected chi connectivity index (χ3v) is 10.7. The van der Waals surface area contributed by atoms with Gasteiger partial charge in [0.15, 0.2) is 23.9 Å². The number of hydrogen-bond acceptors (Lipinski definition) is 16. The summed E-state index contributed by atoms with van der Waals surface area (Å²) in [7, 11) is 0. The minimum atomic E-state index is -4.17. The van der Waals surface area contributed by atoms with Gasteiger partial charge in [0.05, 0.1) is 31.9 Å². The number of aliphatic hydroxyl groups is 1. The number of amides is 1. The van der Waals surface area contributed by atoms with Gasteiger partial charge in [0.1, 0.15) is 37.1 Å². The molecule has 1 aromatic heterocycles. The first-order chi connectivity index (χ1) is 19.9. The fourth-order valence-electron chi connectivity index (χ4n) is 5.62. The van der Waals surface area contributed by atoms with Crippen LogP contribution in [0.15, 0.2) is 17.5 Å². The Labute approximate surface area is 249 Å². The Balaban J connectivity index is 1.22. The number of halogens is 1. The summed E-state index contributed by atoms with van der Waals surface area (Å²) in [6.45, 7) is -8.70. The van der Waals surface area contributed by atoms with Crippen LogP contribution in [0.1, 0.15) is 12.8 Å². The summed E-state index contributed by atoms with van der Waals surface area (Å²) < 4.78 is 56.4. The maximum Gasteiger partial charge on any atom is 0.386 e. The van der Waals surface area contributed by atoms with Gasteiger partial charge in [-0.25, -0.2) is 18.9 Å². The lowest BCUT2D eigenvalue weighted by Gasteiger charge is -2.39. The van der Waals surface area contributed by atoms with Gasteiger partial charge in [-0.3, -0.25) is 25.4 Å². The summed E-state index contributed by atoms with van der Waals surface area (Å²) in [5, 5.41) is 19.6. The second-order valence-corrected chi connectivity index (χ2v) is 16.0. The molecule has 0 radical (unpaired) electrons. The van der Waals surface area contributed by atoms with Crippen molar-refractivity contribution in [3.63, 3.8) is 0 Å². The number of aliphatic hydroxyl groups excluding tert-OH is 1. The van der Waals surface area contributed by atoms with Gasteiger partial charge in [0, 0.05) is 12.0 Å². The summed E-state index contributed by atoms with van der Waals surface area (Å²) in [5.41, 5.74) is 5.87. The average Bonchev–Trinajstić information content (AvgIpc) is 3.58. The molecule has 0 aromatic carbocycles. The Hall–Kier alpha value is -1.38. The molecule has 12 atom stereocenters. The number of thiol groups is 1. The zero-order valence-electron chi connectivity index (χ0n) is 21.6. The van der Waals surface area contributed by atoms with E-state index in [0.717, 1.165) is 6.20 Å². The van der Waals surface area contributed by atoms with Crippen molar-refractivity contribution in [3.8, 4) is 0 Å². The van der Waals surface area contributed by atoms with Crippen molar-refractivity contribution in [3.05, 3.63) is 18.3 Å². The molecule has 2 bridgehead atoms. The predicted molar refractivity (Wildman–Crippen MR) is 149 cm³/mol. The first kappa shape index (κ1) is 30.6. The Morgan fingerprint density at radius 3 is 2.86 bits per heavy atom. The second-order valence-electron chi connectivity index (χ2n) is 10.3. The van der Waals surface area contributed by atoms with Gasteiger partial charge >= 0.3 is 13.5 Å². The van der Waals surface area contributed by atoms with E-state index >= 15 is 0 Å². The number of carbonyl (C=O) groups excluding carboxylic acids is 1. The maximum atomic E-state index is 14.1. The summed E-state index contributed by atoms with van der Waals surface area (Å²) in [6, 6.07) is -1.25. The van der Waals surface area contributed by atoms with Crippen LogP contribution in [0.4, 0.5) is 10.2 Å². The van der Waals surface area contributed by atoms with Crippen LogP contribution in [-0.2, 0) is 44.0 Å². The molecule has 5 heterocycles. The van der Waals surface area contributed by atoms with Crippen molar-refractivity contribution in [2.24, 2.45) is 16.6 Å². The number of rotatable bonds is 3. The molecule has 17 nitrogen and oxygen atoms in total. The average molecular weight is 671 g/mol. The molecule has 232 valence electrons. The van der Waals surface area contributed by atoms with Crippen LogP contribution < -0.4 is 21.7 Å². The number of anilines is 1. The zero-order chi connectivity index (χ0) is 29.8. The van der Waals surface area contributed by atoms with Crippen LogP contribution in [0.5, 0.6) is 0 Å². The van der Waals surface area contributed by atoms with Crippen LogP contribution in [0.25, 0.3) is 0 Å². The molecule has 4 fully saturated rings. The number of aliphatic imine (C=N–C) groups is 1. The second kappa shape index (κ2) is 11.8. The largest absolute Gasteiger partial charge is 0.387 e. The van der Waals surface area contributed by atoms with E-state index in [1.54, 1.807) is 0 Å². The molecule has 1 amide bonds. The zero-order valence-corrected chi connectivity index (χ0v) is 25.1. The Morgan fingerprint density at radius 1 is 1.26 bits per heavy atom. The van der Waals surface area contributed by atoms with Crippen molar-refractivity contribution < 1.29 is 46.6 Å². The molecule has 3 saturated heterocycles. The molecule has 0 spiro atoms. The predicted octanol–water partition coefficient (Wildman–Crippen LogP) is -1.04. The molecule has 42 heavy (non-hydrogen) atoms. The quantitative estimate of drug-likeness (QED) is 0.151. The standard InChI is InChI=1S/C20H29FN8O9P2S2/c21-10-3-23-6-24-16(10)26-9-1-8-4-34-40(33,42)38-15-14(30)12(5-35-39(32,41)37-11(8)2-9)36-19(15)29-7-25-13-17(29)27-20(22)28-18(13)31/h3,6-9,11-15,17,19-20,27,30H,1-2,4-5,22H2,(H,28,31)(H,32,41)(H,33,42)(H,23,24,26)/t8-,9-,11+,12-,13?,14-,15-,17?,19-,20?,39?,40?/m1/s1. The van der Waals surface area contributed by atoms with Gasteiger partial charge in [-0.05, 0) is 24.6 Å². The normalized spacial score (nSPS) is 45.7. The highest BCUT2D eigenvalue weighted by Crippen LogP contribution is 2.58. The first-order valence-electron chi connectivity index (χ1n) is 12.9. The smallest absolute Gasteiger partial charge is 0.386 e. The molecule has 4 aliphatic heterocycles. The van der Waals surface area contributed by atoms with Gasteiger partial charge in [-0.2, -0.15) is 0 Å². The summed E-state index contributed by atoms with van der Waals surface area (Å²) in [6.07, 6.45) is -3.33. The Bertz CT molecular complexity index is 1340. The van der Waals surface area contributed by atoms with Crippen LogP contribution >= 0.6 is 25.8 Å². The third kappa shape index (κ3) is 6.37. The lowest BCUT2D eigenvalue weighted by Crippen LogP contribution is -2.70. The monoisotopic (exact) mass is 670 g/mol. The highest BCUT2D eigenvalue weighted by Gasteiger charge is 2.55. The number of carbonyl (C=O) groups is 1. The van der Waals surface area contributed by atoms with Gasteiger partial charge in [0.25, 0.3) is 5.91 Å². The SMILES string of the molecule is NC1NC(=O)C2N=CN([C@@H]3O[C@@H]4COP(O)(=S)O[C@H]5C[C@H](Nc6ncncc6F)C[C@@H]5COP(=O)(S)O[C@@H]3[C@@H]4O)C2N1. The van der Waals surface area contributed by atoms with E-state index < -0.39 is 86.9 Å². The maximum absolute atomic E-state index is 14.1. The van der Waals surface area contributed by atoms with E-state index in [2.05, 4.69) is 43.2 Å². The lowest BCUT2D eigenvalue weighted by molar-refractivity contribution is -0.130. The van der Waals surface area contributed by atoms with Crippen LogP contribution in [0.2, 0.25) is 0 Å². The van der Waals surface area contributed by atoms with Gasteiger partial charge < -0.3 is 43.8 Å². The number of hydrogen-bond donors (Lipinski definition) is 7. The lowest BCUT2D eigenvalue weighted by atomic mass is 10.1. The molecule has 7 N–H and O–H groups in total. The van der Waals surface area contributed by atoms with E-state index in [1.807, 2.05) is 0 Å². The molecule has 1 aliphatic carbocycles. The van der Waals surface area contributed by atoms with Gasteiger partial charge in [-0.15, -0.1) is 0 Å². The number of ether oxygens (including phenoxy) is 1. The first-order valence-corrected chi connectivity index (χ1v) is 18.2. The summed E-state index contributed by atoms with van der Waals surface area (Å²) in [5.74, 6) is -1.59. The molecular formula is C20H29FN8O9P2S2. The topological polar surface area (TPSA) is 224 Å². The van der Waals surface area contributed by atoms with E-state index in [-0.39, 0.29) is 24.9 Å². The molecule has 22 heteroatoms. The van der Waals surface area contributed by atoms with Gasteiger partial charge in [-0.1, -0.05) is 12.2 Å². The highest BCUT2D eigenvalue weighted by molar-refractivity contribution is 8.44. The summed E-state index contributed by atoms with van der Waals surface area (Å²) in [4.78, 5) is 36.5. The number of nitrogens with one attached hydrogen (secondary N) is 3. The summed E-state index contributed by atoms with van der Waals surface area (Å²) >= 11 is 9.39. The van der Waals surface area contributed by atoms with Crippen LogP contribution in [-0.4, -0.2) is 106 Å². The van der Waals surface area contributed by atoms with E-state index in [1.165, 1.54) is 17.6 Å². The van der Waals surface area contributed by atoms with Crippen molar-refractivity contribution in [1.29, 1.82) is 0 Å². The molecule has 1 aromatic rings. The van der Waals surface area contributed by atoms with Crippen molar-refractivity contribution >= 4 is 55.6 Å². The number of nitrogens with zero attached hydrogens (tertiary/aromatic N) is 4. The van der Waals surface area contributed by atoms with Crippen LogP contribution in [0.3, 0.4) is 0 Å². The molecule has 5 unspecified atom stereocenters. The Morgan fingerprint density at radius 2 is 2.07 bits per heavy atom. The minimum absolute atomic E-state index is 0.0139. The molecule has 5 aliphatic rings. The van der Waals surface area contributed by atoms with Crippen molar-refractivity contribution in [1.82, 2.24) is 25.5 Å². The fourth-order valence-corrected chi connectivity index (χ4v) is 8.63. The van der Waals surface area contributed by atoms with Crippen LogP contribution in [0, 0.1) is 11.7 Å². The minimum Gasteiger partial charge on any atom is -0.387 e. The fraction of sp³-hybridized carbons (Fsp3) is 0.700. The number of nitrogens with two attached hydrogens (primary N) is 1.